The second-order valence-corrected chi connectivity index (χ2v) is 8.92. The molecular weight excluding hydrogens is 527 g/mol. The third-order valence-electron chi connectivity index (χ3n) is 5.84. The van der Waals surface area contributed by atoms with E-state index >= 15 is 0 Å². The average Bonchev–Trinajstić information content (AvgIpc) is 2.91. The number of hydrogen-bond donors (Lipinski definition) is 2. The maximum Gasteiger partial charge on any atom is 0.412 e. The van der Waals surface area contributed by atoms with E-state index in [1.54, 1.807) is 26.1 Å². The summed E-state index contributed by atoms with van der Waals surface area (Å²) in [5, 5.41) is 4.05. The van der Waals surface area contributed by atoms with Crippen LogP contribution in [0.3, 0.4) is 0 Å². The summed E-state index contributed by atoms with van der Waals surface area (Å²) in [5.74, 6) is -10.8. The van der Waals surface area contributed by atoms with Crippen molar-refractivity contribution >= 4 is 11.7 Å². The van der Waals surface area contributed by atoms with E-state index in [0.29, 0.717) is 19.3 Å². The van der Waals surface area contributed by atoms with Gasteiger partial charge in [-0.25, -0.2) is 26.7 Å². The third-order valence-corrected chi connectivity index (χ3v) is 5.84. The van der Waals surface area contributed by atoms with Crippen LogP contribution in [0.4, 0.5) is 32.4 Å². The minimum Gasteiger partial charge on any atom is -0.338 e. The first-order chi connectivity index (χ1) is 18.7. The minimum atomic E-state index is -2.30. The normalized spacial score (nSPS) is 12.5. The van der Waals surface area contributed by atoms with Crippen molar-refractivity contribution in [3.63, 3.8) is 0 Å². The van der Waals surface area contributed by atoms with Crippen LogP contribution in [-0.2, 0) is 18.9 Å². The van der Waals surface area contributed by atoms with Crippen LogP contribution in [0.2, 0.25) is 0 Å². The van der Waals surface area contributed by atoms with Gasteiger partial charge in [-0.15, -0.1) is 0 Å². The standard InChI is InChI=1S/C27H43F5N2O5/c1-5-9-10-11-12-13-14-16-19(39-27(36-6-2,37-7-3)38-8-4)17-15-18-33-26(35)34-25-23(31)21(29)20(28)22(30)24(25)32/h19H,5-18H2,1-4H3,(H2,33,34,35). The van der Waals surface area contributed by atoms with Gasteiger partial charge in [0.05, 0.1) is 25.9 Å². The van der Waals surface area contributed by atoms with Crippen LogP contribution in [0.25, 0.3) is 0 Å². The Hall–Kier alpha value is -2.02. The first-order valence-corrected chi connectivity index (χ1v) is 13.8. The van der Waals surface area contributed by atoms with Gasteiger partial charge in [-0.2, -0.15) is 0 Å². The molecule has 226 valence electrons. The Balaban J connectivity index is 2.74. The molecule has 7 nitrogen and oxygen atoms in total. The Morgan fingerprint density at radius 2 is 1.15 bits per heavy atom. The first kappa shape index (κ1) is 35.0. The molecule has 0 saturated carbocycles. The van der Waals surface area contributed by atoms with Crippen LogP contribution in [0, 0.1) is 29.1 Å². The van der Waals surface area contributed by atoms with Crippen LogP contribution < -0.4 is 10.6 Å². The number of amides is 2. The molecule has 1 aromatic carbocycles. The number of carbonyl (C=O) groups is 1. The molecule has 1 rings (SSSR count). The smallest absolute Gasteiger partial charge is 0.338 e. The van der Waals surface area contributed by atoms with Crippen LogP contribution in [0.1, 0.15) is 91.9 Å². The van der Waals surface area contributed by atoms with Gasteiger partial charge in [0, 0.05) is 6.54 Å². The molecule has 0 aromatic heterocycles. The molecule has 1 aromatic rings. The Morgan fingerprint density at radius 3 is 1.67 bits per heavy atom. The highest BCUT2D eigenvalue weighted by Crippen LogP contribution is 2.27. The largest absolute Gasteiger partial charge is 0.412 e. The zero-order valence-electron chi connectivity index (χ0n) is 23.4. The summed E-state index contributed by atoms with van der Waals surface area (Å²) in [6.07, 6.45) is 7.29. The molecule has 1 atom stereocenters. The average molecular weight is 571 g/mol. The van der Waals surface area contributed by atoms with Crippen molar-refractivity contribution in [2.24, 2.45) is 0 Å². The quantitative estimate of drug-likeness (QED) is 0.0525. The third kappa shape index (κ3) is 11.9. The van der Waals surface area contributed by atoms with Gasteiger partial charge in [-0.3, -0.25) is 4.74 Å². The lowest BCUT2D eigenvalue weighted by Gasteiger charge is -2.34. The van der Waals surface area contributed by atoms with E-state index in [1.807, 2.05) is 0 Å². The van der Waals surface area contributed by atoms with Crippen molar-refractivity contribution in [2.75, 3.05) is 31.7 Å². The van der Waals surface area contributed by atoms with E-state index in [4.69, 9.17) is 18.9 Å². The molecule has 2 N–H and O–H groups in total. The van der Waals surface area contributed by atoms with Crippen molar-refractivity contribution in [1.82, 2.24) is 5.32 Å². The summed E-state index contributed by atoms with van der Waals surface area (Å²) in [6.45, 7) is 8.41. The van der Waals surface area contributed by atoms with Gasteiger partial charge in [0.1, 0.15) is 5.69 Å². The van der Waals surface area contributed by atoms with E-state index in [-0.39, 0.29) is 32.5 Å². The number of anilines is 1. The first-order valence-electron chi connectivity index (χ1n) is 13.8. The highest BCUT2D eigenvalue weighted by atomic mass is 19.2. The number of unbranched alkanes of at least 4 members (excludes halogenated alkanes) is 6. The van der Waals surface area contributed by atoms with Gasteiger partial charge in [-0.05, 0) is 40.0 Å². The van der Waals surface area contributed by atoms with Crippen molar-refractivity contribution in [3.05, 3.63) is 29.1 Å². The van der Waals surface area contributed by atoms with Crippen LogP contribution in [-0.4, -0.2) is 44.7 Å². The van der Waals surface area contributed by atoms with Gasteiger partial charge in [0.25, 0.3) is 0 Å². The zero-order chi connectivity index (χ0) is 29.3. The molecule has 0 radical (unpaired) electrons. The van der Waals surface area contributed by atoms with E-state index < -0.39 is 47.0 Å². The minimum absolute atomic E-state index is 0.0447. The van der Waals surface area contributed by atoms with E-state index in [0.717, 1.165) is 19.3 Å². The number of ether oxygens (including phenoxy) is 4. The number of nitrogens with one attached hydrogen (secondary N) is 2. The Kier molecular flexibility index (Phi) is 17.2. The summed E-state index contributed by atoms with van der Waals surface area (Å²) in [4.78, 5) is 12.1. The lowest BCUT2D eigenvalue weighted by atomic mass is 10.0. The van der Waals surface area contributed by atoms with E-state index in [2.05, 4.69) is 12.2 Å². The summed E-state index contributed by atoms with van der Waals surface area (Å²) in [7, 11) is 0. The maximum atomic E-state index is 13.8. The molecular formula is C27H43F5N2O5. The number of carbonyl (C=O) groups excluding carboxylic acids is 1. The van der Waals surface area contributed by atoms with Crippen LogP contribution in [0.15, 0.2) is 0 Å². The fourth-order valence-corrected chi connectivity index (χ4v) is 3.96. The molecule has 0 aliphatic rings. The van der Waals surface area contributed by atoms with Gasteiger partial charge >= 0.3 is 12.2 Å². The zero-order valence-corrected chi connectivity index (χ0v) is 23.4. The summed E-state index contributed by atoms with van der Waals surface area (Å²) < 4.78 is 90.8. The summed E-state index contributed by atoms with van der Waals surface area (Å²) >= 11 is 0. The number of rotatable bonds is 21. The molecule has 0 aliphatic carbocycles. The second-order valence-electron chi connectivity index (χ2n) is 8.92. The fourth-order valence-electron chi connectivity index (χ4n) is 3.96. The number of hydrogen-bond acceptors (Lipinski definition) is 5. The highest BCUT2D eigenvalue weighted by Gasteiger charge is 2.37. The van der Waals surface area contributed by atoms with Crippen molar-refractivity contribution in [2.45, 2.75) is 104 Å². The second kappa shape index (κ2) is 19.1. The predicted octanol–water partition coefficient (Wildman–Crippen LogP) is 7.53. The highest BCUT2D eigenvalue weighted by molar-refractivity contribution is 5.89. The molecule has 0 bridgehead atoms. The molecule has 0 spiro atoms. The summed E-state index contributed by atoms with van der Waals surface area (Å²) in [6, 6.07) is -1.12. The number of urea groups is 1. The number of halogens is 5. The molecule has 12 heteroatoms. The Morgan fingerprint density at radius 1 is 0.692 bits per heavy atom. The van der Waals surface area contributed by atoms with Gasteiger partial charge in [-0.1, -0.05) is 51.9 Å². The van der Waals surface area contributed by atoms with Crippen LogP contribution in [0.5, 0.6) is 0 Å². The van der Waals surface area contributed by atoms with E-state index in [9.17, 15) is 26.7 Å². The monoisotopic (exact) mass is 570 g/mol. The Labute approximate surface area is 228 Å². The topological polar surface area (TPSA) is 78.1 Å². The van der Waals surface area contributed by atoms with Crippen molar-refractivity contribution in [3.8, 4) is 0 Å². The lowest BCUT2D eigenvalue weighted by molar-refractivity contribution is -0.506. The molecule has 2 amide bonds. The molecule has 0 fully saturated rings. The molecule has 1 unspecified atom stereocenters. The fraction of sp³-hybridized carbons (Fsp3) is 0.741. The van der Waals surface area contributed by atoms with Crippen molar-refractivity contribution in [1.29, 1.82) is 0 Å². The molecule has 0 aliphatic heterocycles. The van der Waals surface area contributed by atoms with Crippen molar-refractivity contribution < 1.29 is 45.7 Å². The van der Waals surface area contributed by atoms with Gasteiger partial charge in [0.2, 0.25) is 5.82 Å². The molecule has 0 saturated heterocycles. The number of benzene rings is 1. The summed E-state index contributed by atoms with van der Waals surface area (Å²) in [5.41, 5.74) is -1.42. The maximum absolute atomic E-state index is 13.8. The lowest BCUT2D eigenvalue weighted by Crippen LogP contribution is -2.45. The van der Waals surface area contributed by atoms with Gasteiger partial charge < -0.3 is 24.8 Å². The van der Waals surface area contributed by atoms with Crippen LogP contribution >= 0.6 is 0 Å². The SMILES string of the molecule is CCCCCCCCCC(CCCNC(=O)Nc1c(F)c(F)c(F)c(F)c1F)OC(OCC)(OCC)OCC. The Bertz CT molecular complexity index is 816. The van der Waals surface area contributed by atoms with E-state index in [1.165, 1.54) is 25.7 Å². The molecule has 0 heterocycles. The predicted molar refractivity (Wildman–Crippen MR) is 138 cm³/mol. The van der Waals surface area contributed by atoms with Gasteiger partial charge in [0.15, 0.2) is 23.3 Å². The molecule has 39 heavy (non-hydrogen) atoms.